The monoisotopic (exact) mass is 237 g/mol. The smallest absolute Gasteiger partial charge is 0.287 e. The summed E-state index contributed by atoms with van der Waals surface area (Å²) in [5.74, 6) is -0.274. The third-order valence-electron chi connectivity index (χ3n) is 4.29. The van der Waals surface area contributed by atoms with Crippen molar-refractivity contribution in [2.45, 2.75) is 76.3 Å². The Bertz CT molecular complexity index is 247. The van der Waals surface area contributed by atoms with Gasteiger partial charge in [-0.15, -0.1) is 0 Å². The number of nitrogens with zero attached hydrogens (tertiary/aromatic N) is 1. The first-order valence-corrected chi connectivity index (χ1v) is 7.10. The summed E-state index contributed by atoms with van der Waals surface area (Å²) < 4.78 is 0. The number of aldehydes is 1. The molecule has 2 rings (SSSR count). The minimum absolute atomic E-state index is 0.274. The second-order valence-corrected chi connectivity index (χ2v) is 5.45. The predicted molar refractivity (Wildman–Crippen MR) is 66.7 cm³/mol. The van der Waals surface area contributed by atoms with Crippen LogP contribution in [0.1, 0.15) is 64.2 Å². The van der Waals surface area contributed by atoms with Gasteiger partial charge in [-0.2, -0.15) is 0 Å². The highest BCUT2D eigenvalue weighted by Crippen LogP contribution is 2.29. The molecule has 1 amide bonds. The van der Waals surface area contributed by atoms with Crippen LogP contribution in [0.2, 0.25) is 0 Å². The molecule has 0 radical (unpaired) electrons. The molecule has 0 heterocycles. The largest absolute Gasteiger partial charge is 0.330 e. The van der Waals surface area contributed by atoms with Crippen molar-refractivity contribution in [1.29, 1.82) is 0 Å². The Morgan fingerprint density at radius 2 is 1.24 bits per heavy atom. The Labute approximate surface area is 104 Å². The van der Waals surface area contributed by atoms with Crippen molar-refractivity contribution in [3.63, 3.8) is 0 Å². The van der Waals surface area contributed by atoms with Crippen LogP contribution >= 0.6 is 0 Å². The third kappa shape index (κ3) is 3.08. The summed E-state index contributed by atoms with van der Waals surface area (Å²) in [4.78, 5) is 24.6. The second kappa shape index (κ2) is 6.18. The van der Waals surface area contributed by atoms with E-state index in [-0.39, 0.29) is 5.91 Å². The number of hydrogen-bond donors (Lipinski definition) is 0. The van der Waals surface area contributed by atoms with Gasteiger partial charge in [0.15, 0.2) is 0 Å². The molecule has 0 aromatic heterocycles. The summed E-state index contributed by atoms with van der Waals surface area (Å²) in [6.45, 7) is 0. The Hall–Kier alpha value is -0.860. The van der Waals surface area contributed by atoms with E-state index in [1.165, 1.54) is 38.5 Å². The molecule has 0 aliphatic heterocycles. The zero-order chi connectivity index (χ0) is 12.1. The summed E-state index contributed by atoms with van der Waals surface area (Å²) in [7, 11) is 0. The maximum atomic E-state index is 11.9. The van der Waals surface area contributed by atoms with E-state index in [4.69, 9.17) is 0 Å². The van der Waals surface area contributed by atoms with Crippen LogP contribution in [-0.4, -0.2) is 29.2 Å². The molecule has 2 aliphatic rings. The van der Waals surface area contributed by atoms with Gasteiger partial charge >= 0.3 is 0 Å². The van der Waals surface area contributed by atoms with Gasteiger partial charge in [0.2, 0.25) is 6.29 Å². The van der Waals surface area contributed by atoms with Gasteiger partial charge in [-0.25, -0.2) is 0 Å². The zero-order valence-corrected chi connectivity index (χ0v) is 10.6. The van der Waals surface area contributed by atoms with Crippen LogP contribution in [-0.2, 0) is 9.59 Å². The van der Waals surface area contributed by atoms with E-state index in [0.717, 1.165) is 25.7 Å². The van der Waals surface area contributed by atoms with Crippen LogP contribution in [0, 0.1) is 0 Å². The van der Waals surface area contributed by atoms with E-state index >= 15 is 0 Å². The normalized spacial score (nSPS) is 23.3. The fourth-order valence-electron chi connectivity index (χ4n) is 3.44. The average Bonchev–Trinajstić information content (AvgIpc) is 2.41. The Morgan fingerprint density at radius 3 is 1.59 bits per heavy atom. The molecule has 17 heavy (non-hydrogen) atoms. The highest BCUT2D eigenvalue weighted by molar-refractivity contribution is 6.23. The molecule has 2 saturated carbocycles. The lowest BCUT2D eigenvalue weighted by atomic mass is 9.88. The van der Waals surface area contributed by atoms with Crippen molar-refractivity contribution in [1.82, 2.24) is 4.90 Å². The van der Waals surface area contributed by atoms with E-state index in [1.807, 2.05) is 4.90 Å². The highest BCUT2D eigenvalue weighted by Gasteiger charge is 2.31. The first kappa shape index (κ1) is 12.6. The van der Waals surface area contributed by atoms with Crippen molar-refractivity contribution >= 4 is 12.2 Å². The van der Waals surface area contributed by atoms with Crippen LogP contribution in [0.25, 0.3) is 0 Å². The van der Waals surface area contributed by atoms with Crippen LogP contribution < -0.4 is 0 Å². The Balaban J connectivity index is 2.05. The molecule has 0 unspecified atom stereocenters. The van der Waals surface area contributed by atoms with Gasteiger partial charge in [0.25, 0.3) is 5.91 Å². The van der Waals surface area contributed by atoms with Gasteiger partial charge in [-0.05, 0) is 25.7 Å². The molecule has 3 heteroatoms. The topological polar surface area (TPSA) is 37.4 Å². The fraction of sp³-hybridized carbons (Fsp3) is 0.857. The van der Waals surface area contributed by atoms with Gasteiger partial charge in [-0.1, -0.05) is 38.5 Å². The summed E-state index contributed by atoms with van der Waals surface area (Å²) >= 11 is 0. The summed E-state index contributed by atoms with van der Waals surface area (Å²) in [5, 5.41) is 0. The van der Waals surface area contributed by atoms with Crippen LogP contribution in [0.4, 0.5) is 0 Å². The van der Waals surface area contributed by atoms with Gasteiger partial charge in [0.1, 0.15) is 0 Å². The van der Waals surface area contributed by atoms with E-state index < -0.39 is 0 Å². The first-order valence-electron chi connectivity index (χ1n) is 7.10. The summed E-state index contributed by atoms with van der Waals surface area (Å²) in [6, 6.07) is 0.675. The second-order valence-electron chi connectivity index (χ2n) is 5.45. The van der Waals surface area contributed by atoms with Gasteiger partial charge in [-0.3, -0.25) is 9.59 Å². The van der Waals surface area contributed by atoms with E-state index in [0.29, 0.717) is 18.4 Å². The van der Waals surface area contributed by atoms with E-state index in [2.05, 4.69) is 0 Å². The highest BCUT2D eigenvalue weighted by atomic mass is 16.2. The van der Waals surface area contributed by atoms with Crippen LogP contribution in [0.15, 0.2) is 0 Å². The Morgan fingerprint density at radius 1 is 0.824 bits per heavy atom. The molecule has 0 spiro atoms. The minimum Gasteiger partial charge on any atom is -0.330 e. The fourth-order valence-corrected chi connectivity index (χ4v) is 3.44. The molecule has 0 saturated heterocycles. The number of hydrogen-bond acceptors (Lipinski definition) is 2. The maximum Gasteiger partial charge on any atom is 0.287 e. The maximum absolute atomic E-state index is 11.9. The summed E-state index contributed by atoms with van der Waals surface area (Å²) in [5.41, 5.74) is 0. The number of carbonyl (C=O) groups excluding carboxylic acids is 2. The molecular weight excluding hydrogens is 214 g/mol. The first-order chi connectivity index (χ1) is 8.33. The zero-order valence-electron chi connectivity index (χ0n) is 10.6. The van der Waals surface area contributed by atoms with Crippen molar-refractivity contribution in [2.24, 2.45) is 0 Å². The molecule has 3 nitrogen and oxygen atoms in total. The van der Waals surface area contributed by atoms with Gasteiger partial charge in [0.05, 0.1) is 0 Å². The Kier molecular flexibility index (Phi) is 4.57. The van der Waals surface area contributed by atoms with Crippen molar-refractivity contribution < 1.29 is 9.59 Å². The minimum atomic E-state index is -0.274. The van der Waals surface area contributed by atoms with Crippen LogP contribution in [0.5, 0.6) is 0 Å². The molecule has 0 N–H and O–H groups in total. The van der Waals surface area contributed by atoms with Crippen molar-refractivity contribution in [3.05, 3.63) is 0 Å². The van der Waals surface area contributed by atoms with Gasteiger partial charge < -0.3 is 4.90 Å². The lowest BCUT2D eigenvalue weighted by Crippen LogP contribution is -2.49. The third-order valence-corrected chi connectivity index (χ3v) is 4.29. The molecule has 0 bridgehead atoms. The molecule has 2 fully saturated rings. The molecule has 0 aromatic rings. The average molecular weight is 237 g/mol. The quantitative estimate of drug-likeness (QED) is 0.559. The SMILES string of the molecule is O=CC(=O)N(C1CCCCC1)C1CCCCC1. The van der Waals surface area contributed by atoms with E-state index in [1.54, 1.807) is 0 Å². The molecular formula is C14H23NO2. The van der Waals surface area contributed by atoms with Crippen LogP contribution in [0.3, 0.4) is 0 Å². The molecule has 96 valence electrons. The lowest BCUT2D eigenvalue weighted by molar-refractivity contribution is -0.144. The standard InChI is InChI=1S/C14H23NO2/c16-11-14(17)15(12-7-3-1-4-8-12)13-9-5-2-6-10-13/h11-13H,1-10H2. The number of amides is 1. The molecule has 0 aromatic carbocycles. The van der Waals surface area contributed by atoms with Gasteiger partial charge in [0, 0.05) is 12.1 Å². The summed E-state index contributed by atoms with van der Waals surface area (Å²) in [6.07, 6.45) is 12.3. The van der Waals surface area contributed by atoms with Crippen molar-refractivity contribution in [3.8, 4) is 0 Å². The lowest BCUT2D eigenvalue weighted by Gasteiger charge is -2.40. The van der Waals surface area contributed by atoms with E-state index in [9.17, 15) is 9.59 Å². The number of carbonyl (C=O) groups is 2. The predicted octanol–water partition coefficient (Wildman–Crippen LogP) is 2.68. The van der Waals surface area contributed by atoms with Crippen molar-refractivity contribution in [2.75, 3.05) is 0 Å². The number of rotatable bonds is 3. The molecule has 0 atom stereocenters. The molecule has 2 aliphatic carbocycles.